The average Bonchev–Trinajstić information content (AvgIpc) is 3.04. The maximum atomic E-state index is 5.54. The molecule has 1 aliphatic carbocycles. The van der Waals surface area contributed by atoms with Crippen molar-refractivity contribution in [1.82, 2.24) is 4.98 Å². The topological polar surface area (TPSA) is 92.5 Å². The van der Waals surface area contributed by atoms with E-state index in [1.165, 1.54) is 22.2 Å². The Balaban J connectivity index is 1.87. The molecule has 1 aromatic heterocycles. The second-order valence-electron chi connectivity index (χ2n) is 7.53. The van der Waals surface area contributed by atoms with Gasteiger partial charge in [0.15, 0.2) is 0 Å². The minimum Gasteiger partial charge on any atom is -0.369 e. The largest absolute Gasteiger partial charge is 0.369 e. The van der Waals surface area contributed by atoms with E-state index in [1.54, 1.807) is 0 Å². The number of nitrogens with one attached hydrogen (secondary N) is 1. The number of hydrogen-bond donors (Lipinski definition) is 3. The quantitative estimate of drug-likeness (QED) is 0.375. The third kappa shape index (κ3) is 3.33. The van der Waals surface area contributed by atoms with Crippen molar-refractivity contribution in [2.75, 3.05) is 0 Å². The summed E-state index contributed by atoms with van der Waals surface area (Å²) in [6.07, 6.45) is 1.76. The van der Waals surface area contributed by atoms with Gasteiger partial charge in [0.2, 0.25) is 5.96 Å². The lowest BCUT2D eigenvalue weighted by atomic mass is 9.81. The van der Waals surface area contributed by atoms with Crippen LogP contribution in [0.3, 0.4) is 0 Å². The summed E-state index contributed by atoms with van der Waals surface area (Å²) < 4.78 is 0. The number of hydrogen-bond acceptors (Lipinski definition) is 2. The number of benzene rings is 2. The van der Waals surface area contributed by atoms with Gasteiger partial charge in [0, 0.05) is 22.2 Å². The van der Waals surface area contributed by atoms with Crippen LogP contribution in [0.15, 0.2) is 58.7 Å². The smallest absolute Gasteiger partial charge is 0.211 e. The zero-order valence-corrected chi connectivity index (χ0v) is 15.7. The van der Waals surface area contributed by atoms with Gasteiger partial charge in [-0.1, -0.05) is 50.2 Å². The second kappa shape index (κ2) is 6.91. The van der Waals surface area contributed by atoms with Crippen LogP contribution < -0.4 is 11.5 Å². The number of guanidine groups is 1. The Morgan fingerprint density at radius 1 is 1.07 bits per heavy atom. The van der Waals surface area contributed by atoms with Crippen LogP contribution in [0.2, 0.25) is 0 Å². The van der Waals surface area contributed by atoms with Crippen LogP contribution in [-0.4, -0.2) is 16.7 Å². The van der Waals surface area contributed by atoms with E-state index in [2.05, 4.69) is 71.5 Å². The van der Waals surface area contributed by atoms with Gasteiger partial charge in [-0.15, -0.1) is 5.10 Å². The number of nitrogens with zero attached hydrogens (tertiary/aromatic N) is 2. The van der Waals surface area contributed by atoms with Crippen molar-refractivity contribution < 1.29 is 0 Å². The first-order chi connectivity index (χ1) is 13.0. The van der Waals surface area contributed by atoms with Gasteiger partial charge in [-0.2, -0.15) is 5.10 Å². The highest BCUT2D eigenvalue weighted by atomic mass is 15.3. The van der Waals surface area contributed by atoms with E-state index in [-0.39, 0.29) is 5.96 Å². The first kappa shape index (κ1) is 17.3. The molecule has 2 aromatic carbocycles. The molecule has 1 unspecified atom stereocenters. The Labute approximate surface area is 159 Å². The van der Waals surface area contributed by atoms with Crippen molar-refractivity contribution in [2.24, 2.45) is 21.7 Å². The van der Waals surface area contributed by atoms with Gasteiger partial charge in [-0.25, -0.2) is 0 Å². The molecule has 5 N–H and O–H groups in total. The molecule has 1 atom stereocenters. The fraction of sp³-hybridized carbons (Fsp3) is 0.273. The van der Waals surface area contributed by atoms with Crippen LogP contribution in [0.1, 0.15) is 54.5 Å². The van der Waals surface area contributed by atoms with Crippen molar-refractivity contribution in [3.8, 4) is 0 Å². The fourth-order valence-corrected chi connectivity index (χ4v) is 3.93. The minimum atomic E-state index is -0.0198. The van der Waals surface area contributed by atoms with E-state index in [0.29, 0.717) is 11.8 Å². The normalized spacial score (nSPS) is 18.0. The van der Waals surface area contributed by atoms with E-state index < -0.39 is 0 Å². The molecule has 1 heterocycles. The van der Waals surface area contributed by atoms with Gasteiger partial charge in [-0.05, 0) is 47.9 Å². The zero-order valence-electron chi connectivity index (χ0n) is 15.7. The molecule has 5 nitrogen and oxygen atoms in total. The number of aromatic nitrogens is 1. The van der Waals surface area contributed by atoms with E-state index >= 15 is 0 Å². The molecule has 0 saturated carbocycles. The van der Waals surface area contributed by atoms with E-state index in [1.807, 2.05) is 6.07 Å². The highest BCUT2D eigenvalue weighted by Crippen LogP contribution is 2.37. The van der Waals surface area contributed by atoms with Gasteiger partial charge in [-0.3, -0.25) is 0 Å². The molecule has 0 saturated heterocycles. The molecule has 0 spiro atoms. The standard InChI is InChI=1S/C22H25N5/c1-13(2)15-8-9-18-17(10-15)21-19(25-18)11-16(14-6-4-3-5-7-14)12-20(21)26-27-22(23)24/h3-10,13,16,25H,11-12H2,1-2H3,(H4,23,24,27). The Bertz CT molecular complexity index is 1020. The van der Waals surface area contributed by atoms with E-state index in [0.717, 1.165) is 29.6 Å². The summed E-state index contributed by atoms with van der Waals surface area (Å²) in [4.78, 5) is 3.61. The molecule has 3 aromatic rings. The zero-order chi connectivity index (χ0) is 19.0. The number of rotatable bonds is 3. The fourth-order valence-electron chi connectivity index (χ4n) is 3.93. The molecular weight excluding hydrogens is 334 g/mol. The monoisotopic (exact) mass is 359 g/mol. The number of fused-ring (bicyclic) bond motifs is 3. The van der Waals surface area contributed by atoms with Crippen molar-refractivity contribution >= 4 is 22.6 Å². The predicted molar refractivity (Wildman–Crippen MR) is 112 cm³/mol. The summed E-state index contributed by atoms with van der Waals surface area (Å²) in [6.45, 7) is 4.42. The number of H-pyrrole nitrogens is 1. The van der Waals surface area contributed by atoms with E-state index in [9.17, 15) is 0 Å². The molecule has 5 heteroatoms. The second-order valence-corrected chi connectivity index (χ2v) is 7.53. The molecule has 1 aliphatic rings. The predicted octanol–water partition coefficient (Wildman–Crippen LogP) is 4.00. The lowest BCUT2D eigenvalue weighted by molar-refractivity contribution is 0.685. The summed E-state index contributed by atoms with van der Waals surface area (Å²) in [7, 11) is 0. The van der Waals surface area contributed by atoms with Gasteiger partial charge in [0.25, 0.3) is 0 Å². The first-order valence-corrected chi connectivity index (χ1v) is 9.38. The molecule has 4 rings (SSSR count). The Morgan fingerprint density at radius 3 is 2.56 bits per heavy atom. The molecular formula is C22H25N5. The Morgan fingerprint density at radius 2 is 1.85 bits per heavy atom. The Kier molecular flexibility index (Phi) is 4.44. The molecule has 0 amide bonds. The third-order valence-electron chi connectivity index (χ3n) is 5.30. The number of nitrogens with two attached hydrogens (primary N) is 2. The number of aromatic amines is 1. The van der Waals surface area contributed by atoms with Crippen LogP contribution in [-0.2, 0) is 6.42 Å². The maximum Gasteiger partial charge on any atom is 0.211 e. The summed E-state index contributed by atoms with van der Waals surface area (Å²) in [5, 5.41) is 9.60. The van der Waals surface area contributed by atoms with Crippen molar-refractivity contribution in [3.05, 3.63) is 70.9 Å². The van der Waals surface area contributed by atoms with Crippen LogP contribution in [0.4, 0.5) is 0 Å². The summed E-state index contributed by atoms with van der Waals surface area (Å²) in [5.41, 5.74) is 18.1. The summed E-state index contributed by atoms with van der Waals surface area (Å²) in [5.74, 6) is 0.802. The molecule has 27 heavy (non-hydrogen) atoms. The third-order valence-corrected chi connectivity index (χ3v) is 5.30. The van der Waals surface area contributed by atoms with Crippen LogP contribution in [0.5, 0.6) is 0 Å². The highest BCUT2D eigenvalue weighted by Gasteiger charge is 2.28. The van der Waals surface area contributed by atoms with Gasteiger partial charge >= 0.3 is 0 Å². The summed E-state index contributed by atoms with van der Waals surface area (Å²) in [6, 6.07) is 17.2. The first-order valence-electron chi connectivity index (χ1n) is 9.38. The SMILES string of the molecule is CC(C)c1ccc2[nH]c3c(c2c1)C(=NN=C(N)N)CC(c1ccccc1)C3. The maximum absolute atomic E-state index is 5.54. The molecule has 0 fully saturated rings. The Hall–Kier alpha value is -3.08. The lowest BCUT2D eigenvalue weighted by Crippen LogP contribution is -2.23. The minimum absolute atomic E-state index is 0.0198. The van der Waals surface area contributed by atoms with Crippen molar-refractivity contribution in [2.45, 2.75) is 38.5 Å². The lowest BCUT2D eigenvalue weighted by Gasteiger charge is -2.24. The molecule has 0 aliphatic heterocycles. The van der Waals surface area contributed by atoms with Gasteiger partial charge < -0.3 is 16.5 Å². The average molecular weight is 359 g/mol. The van der Waals surface area contributed by atoms with Crippen molar-refractivity contribution in [1.29, 1.82) is 0 Å². The van der Waals surface area contributed by atoms with Gasteiger partial charge in [0.05, 0.1) is 5.71 Å². The van der Waals surface area contributed by atoms with Crippen LogP contribution in [0, 0.1) is 0 Å². The van der Waals surface area contributed by atoms with Crippen LogP contribution in [0.25, 0.3) is 10.9 Å². The van der Waals surface area contributed by atoms with E-state index in [4.69, 9.17) is 11.5 Å². The van der Waals surface area contributed by atoms with Gasteiger partial charge in [0.1, 0.15) is 0 Å². The van der Waals surface area contributed by atoms with Crippen LogP contribution >= 0.6 is 0 Å². The van der Waals surface area contributed by atoms with Crippen molar-refractivity contribution in [3.63, 3.8) is 0 Å². The molecule has 138 valence electrons. The molecule has 0 bridgehead atoms. The molecule has 0 radical (unpaired) electrons. The highest BCUT2D eigenvalue weighted by molar-refractivity contribution is 6.13. The summed E-state index contributed by atoms with van der Waals surface area (Å²) >= 11 is 0.